The van der Waals surface area contributed by atoms with Gasteiger partial charge in [0, 0.05) is 18.8 Å². The Labute approximate surface area is 105 Å². The summed E-state index contributed by atoms with van der Waals surface area (Å²) in [5.41, 5.74) is 2.28. The van der Waals surface area contributed by atoms with E-state index in [0.717, 1.165) is 25.1 Å². The van der Waals surface area contributed by atoms with E-state index in [1.165, 1.54) is 18.5 Å². The van der Waals surface area contributed by atoms with Gasteiger partial charge in [-0.05, 0) is 37.0 Å². The molecule has 0 fully saturated rings. The molecule has 0 aliphatic carbocycles. The maximum absolute atomic E-state index is 9.75. The molecule has 0 saturated heterocycles. The highest BCUT2D eigenvalue weighted by molar-refractivity contribution is 5.47. The summed E-state index contributed by atoms with van der Waals surface area (Å²) in [5, 5.41) is 9.75. The van der Waals surface area contributed by atoms with Crippen LogP contribution in [0.4, 0.5) is 5.69 Å². The van der Waals surface area contributed by atoms with E-state index in [-0.39, 0.29) is 6.10 Å². The average molecular weight is 235 g/mol. The van der Waals surface area contributed by atoms with Crippen molar-refractivity contribution in [2.75, 3.05) is 18.0 Å². The Kier molecular flexibility index (Phi) is 6.06. The Bertz CT molecular complexity index is 301. The molecule has 0 aliphatic heterocycles. The van der Waals surface area contributed by atoms with Crippen LogP contribution in [0.1, 0.15) is 51.7 Å². The van der Waals surface area contributed by atoms with Crippen LogP contribution in [0.3, 0.4) is 0 Å². The molecule has 0 aromatic heterocycles. The van der Waals surface area contributed by atoms with Crippen molar-refractivity contribution in [3.63, 3.8) is 0 Å². The molecule has 0 aliphatic rings. The van der Waals surface area contributed by atoms with E-state index in [9.17, 15) is 5.11 Å². The quantitative estimate of drug-likeness (QED) is 0.778. The molecular weight excluding hydrogens is 210 g/mol. The molecule has 0 unspecified atom stereocenters. The summed E-state index contributed by atoms with van der Waals surface area (Å²) in [6.07, 6.45) is 2.78. The Balaban J connectivity index is 2.76. The minimum atomic E-state index is -0.324. The van der Waals surface area contributed by atoms with Crippen molar-refractivity contribution in [3.8, 4) is 0 Å². The van der Waals surface area contributed by atoms with E-state index in [1.807, 2.05) is 19.1 Å². The van der Waals surface area contributed by atoms with Crippen molar-refractivity contribution >= 4 is 5.69 Å². The molecule has 1 N–H and O–H groups in total. The molecule has 0 bridgehead atoms. The van der Waals surface area contributed by atoms with Gasteiger partial charge in [0.15, 0.2) is 0 Å². The van der Waals surface area contributed by atoms with Gasteiger partial charge in [-0.3, -0.25) is 0 Å². The number of aliphatic hydroxyl groups excluding tert-OH is 1. The third-order valence-corrected chi connectivity index (χ3v) is 3.02. The fourth-order valence-electron chi connectivity index (χ4n) is 2.05. The van der Waals surface area contributed by atoms with Crippen molar-refractivity contribution in [2.24, 2.45) is 0 Å². The number of nitrogens with zero attached hydrogens (tertiary/aromatic N) is 1. The predicted octanol–water partition coefficient (Wildman–Crippen LogP) is 3.76. The van der Waals surface area contributed by atoms with Gasteiger partial charge in [-0.2, -0.15) is 0 Å². The molecule has 2 heteroatoms. The lowest BCUT2D eigenvalue weighted by Gasteiger charge is -2.24. The number of benzene rings is 1. The molecule has 1 aromatic carbocycles. The molecule has 0 radical (unpaired) electrons. The van der Waals surface area contributed by atoms with Gasteiger partial charge in [0.1, 0.15) is 0 Å². The third kappa shape index (κ3) is 4.04. The smallest absolute Gasteiger partial charge is 0.0787 e. The monoisotopic (exact) mass is 235 g/mol. The van der Waals surface area contributed by atoms with E-state index in [0.29, 0.717) is 0 Å². The highest BCUT2D eigenvalue weighted by Crippen LogP contribution is 2.21. The largest absolute Gasteiger partial charge is 0.388 e. The zero-order valence-corrected chi connectivity index (χ0v) is 11.3. The predicted molar refractivity (Wildman–Crippen MR) is 74.5 cm³/mol. The summed E-state index contributed by atoms with van der Waals surface area (Å²) in [6, 6.07) is 8.34. The number of anilines is 1. The van der Waals surface area contributed by atoms with Crippen molar-refractivity contribution in [2.45, 2.75) is 46.1 Å². The standard InChI is InChI=1S/C15H25NO/c1-4-11-16(12-5-2)14-9-7-13(8-10-14)15(17)6-3/h7-10,15,17H,4-6,11-12H2,1-3H3/t15-/m1/s1. The van der Waals surface area contributed by atoms with Gasteiger partial charge in [-0.15, -0.1) is 0 Å². The van der Waals surface area contributed by atoms with E-state index in [1.54, 1.807) is 0 Å². The summed E-state index contributed by atoms with van der Waals surface area (Å²) in [7, 11) is 0. The third-order valence-electron chi connectivity index (χ3n) is 3.02. The molecular formula is C15H25NO. The zero-order chi connectivity index (χ0) is 12.7. The first-order valence-electron chi connectivity index (χ1n) is 6.75. The van der Waals surface area contributed by atoms with Gasteiger partial charge in [0.2, 0.25) is 0 Å². The van der Waals surface area contributed by atoms with Gasteiger partial charge in [-0.1, -0.05) is 32.9 Å². The normalized spacial score (nSPS) is 12.5. The maximum atomic E-state index is 9.75. The van der Waals surface area contributed by atoms with Crippen LogP contribution < -0.4 is 4.90 Å². The lowest BCUT2D eigenvalue weighted by atomic mass is 10.1. The van der Waals surface area contributed by atoms with E-state index in [2.05, 4.69) is 30.9 Å². The van der Waals surface area contributed by atoms with Gasteiger partial charge in [-0.25, -0.2) is 0 Å². The van der Waals surface area contributed by atoms with E-state index < -0.39 is 0 Å². The number of hydrogen-bond acceptors (Lipinski definition) is 2. The number of rotatable bonds is 7. The first-order chi connectivity index (χ1) is 8.22. The van der Waals surface area contributed by atoms with Crippen LogP contribution in [0.2, 0.25) is 0 Å². The first-order valence-corrected chi connectivity index (χ1v) is 6.75. The lowest BCUT2D eigenvalue weighted by molar-refractivity contribution is 0.173. The first kappa shape index (κ1) is 14.0. The number of hydrogen-bond donors (Lipinski definition) is 1. The van der Waals surface area contributed by atoms with Gasteiger partial charge in [0.25, 0.3) is 0 Å². The van der Waals surface area contributed by atoms with Crippen LogP contribution in [0.5, 0.6) is 0 Å². The topological polar surface area (TPSA) is 23.5 Å². The Morgan fingerprint density at radius 1 is 1.00 bits per heavy atom. The summed E-state index contributed by atoms with van der Waals surface area (Å²) in [6.45, 7) is 8.61. The van der Waals surface area contributed by atoms with E-state index in [4.69, 9.17) is 0 Å². The molecule has 2 nitrogen and oxygen atoms in total. The molecule has 1 rings (SSSR count). The van der Waals surface area contributed by atoms with E-state index >= 15 is 0 Å². The molecule has 17 heavy (non-hydrogen) atoms. The molecule has 0 amide bonds. The fraction of sp³-hybridized carbons (Fsp3) is 0.600. The fourth-order valence-corrected chi connectivity index (χ4v) is 2.05. The average Bonchev–Trinajstić information content (AvgIpc) is 2.38. The second kappa shape index (κ2) is 7.33. The van der Waals surface area contributed by atoms with Crippen LogP contribution in [0.15, 0.2) is 24.3 Å². The van der Waals surface area contributed by atoms with Crippen LogP contribution in [0.25, 0.3) is 0 Å². The molecule has 0 heterocycles. The summed E-state index contributed by atoms with van der Waals surface area (Å²) < 4.78 is 0. The molecule has 0 spiro atoms. The van der Waals surface area contributed by atoms with Crippen molar-refractivity contribution < 1.29 is 5.11 Å². The Morgan fingerprint density at radius 3 is 1.94 bits per heavy atom. The molecule has 1 aromatic rings. The van der Waals surface area contributed by atoms with Crippen molar-refractivity contribution in [1.82, 2.24) is 0 Å². The Morgan fingerprint density at radius 2 is 1.53 bits per heavy atom. The highest BCUT2D eigenvalue weighted by atomic mass is 16.3. The SMILES string of the molecule is CCCN(CCC)c1ccc([C@H](O)CC)cc1. The van der Waals surface area contributed by atoms with Crippen LogP contribution in [-0.4, -0.2) is 18.2 Å². The second-order valence-electron chi connectivity index (χ2n) is 4.50. The van der Waals surface area contributed by atoms with Crippen LogP contribution >= 0.6 is 0 Å². The zero-order valence-electron chi connectivity index (χ0n) is 11.3. The van der Waals surface area contributed by atoms with Crippen molar-refractivity contribution in [3.05, 3.63) is 29.8 Å². The van der Waals surface area contributed by atoms with Gasteiger partial charge >= 0.3 is 0 Å². The Hall–Kier alpha value is -1.02. The lowest BCUT2D eigenvalue weighted by Crippen LogP contribution is -2.24. The highest BCUT2D eigenvalue weighted by Gasteiger charge is 2.07. The summed E-state index contributed by atoms with van der Waals surface area (Å²) in [5.74, 6) is 0. The minimum absolute atomic E-state index is 0.324. The minimum Gasteiger partial charge on any atom is -0.388 e. The summed E-state index contributed by atoms with van der Waals surface area (Å²) >= 11 is 0. The second-order valence-corrected chi connectivity index (χ2v) is 4.50. The molecule has 0 saturated carbocycles. The maximum Gasteiger partial charge on any atom is 0.0787 e. The molecule has 96 valence electrons. The van der Waals surface area contributed by atoms with Crippen LogP contribution in [-0.2, 0) is 0 Å². The van der Waals surface area contributed by atoms with Crippen molar-refractivity contribution in [1.29, 1.82) is 0 Å². The number of aliphatic hydroxyl groups is 1. The van der Waals surface area contributed by atoms with Gasteiger partial charge < -0.3 is 10.0 Å². The van der Waals surface area contributed by atoms with Gasteiger partial charge in [0.05, 0.1) is 6.10 Å². The van der Waals surface area contributed by atoms with Crippen LogP contribution in [0, 0.1) is 0 Å². The summed E-state index contributed by atoms with van der Waals surface area (Å²) in [4.78, 5) is 2.40. The molecule has 1 atom stereocenters.